The first-order valence-electron chi connectivity index (χ1n) is 9.26. The van der Waals surface area contributed by atoms with Crippen molar-refractivity contribution in [3.8, 4) is 11.5 Å². The highest BCUT2D eigenvalue weighted by Crippen LogP contribution is 2.34. The van der Waals surface area contributed by atoms with Gasteiger partial charge in [0.2, 0.25) is 5.91 Å². The molecule has 8 nitrogen and oxygen atoms in total. The van der Waals surface area contributed by atoms with Crippen LogP contribution in [-0.2, 0) is 11.8 Å². The molecule has 5 rings (SSSR count). The van der Waals surface area contributed by atoms with E-state index in [4.69, 9.17) is 4.42 Å². The van der Waals surface area contributed by atoms with E-state index in [0.29, 0.717) is 50.9 Å². The molecule has 4 heterocycles. The molecule has 1 aliphatic heterocycles. The van der Waals surface area contributed by atoms with Crippen molar-refractivity contribution >= 4 is 46.0 Å². The third-order valence-corrected chi connectivity index (χ3v) is 5.93. The number of amides is 2. The lowest BCUT2D eigenvalue weighted by Gasteiger charge is -2.17. The van der Waals surface area contributed by atoms with Gasteiger partial charge < -0.3 is 15.1 Å². The predicted molar refractivity (Wildman–Crippen MR) is 115 cm³/mol. The van der Waals surface area contributed by atoms with Crippen LogP contribution in [0.4, 0.5) is 11.4 Å². The summed E-state index contributed by atoms with van der Waals surface area (Å²) in [6.45, 7) is 1.85. The largest absolute Gasteiger partial charge is 0.463 e. The molecule has 0 atom stereocenters. The number of aromatic nitrogens is 3. The van der Waals surface area contributed by atoms with Crippen molar-refractivity contribution in [1.82, 2.24) is 14.8 Å². The Morgan fingerprint density at radius 1 is 1.30 bits per heavy atom. The van der Waals surface area contributed by atoms with Crippen molar-refractivity contribution < 1.29 is 14.0 Å². The highest BCUT2D eigenvalue weighted by molar-refractivity contribution is 8.00. The zero-order valence-corrected chi connectivity index (χ0v) is 17.0. The number of pyridine rings is 1. The van der Waals surface area contributed by atoms with E-state index in [1.165, 1.54) is 11.8 Å². The van der Waals surface area contributed by atoms with Gasteiger partial charge in [-0.15, -0.1) is 11.8 Å². The number of hydrogen-bond donors (Lipinski definition) is 2. The van der Waals surface area contributed by atoms with E-state index in [1.54, 1.807) is 42.3 Å². The molecule has 0 radical (unpaired) electrons. The van der Waals surface area contributed by atoms with E-state index in [2.05, 4.69) is 20.7 Å². The Kier molecular flexibility index (Phi) is 4.32. The first-order valence-corrected chi connectivity index (χ1v) is 10.2. The summed E-state index contributed by atoms with van der Waals surface area (Å²) in [5.74, 6) is 0.615. The van der Waals surface area contributed by atoms with Crippen LogP contribution in [0.15, 0.2) is 52.0 Å². The average Bonchev–Trinajstić information content (AvgIpc) is 3.36. The summed E-state index contributed by atoms with van der Waals surface area (Å²) in [5, 5.41) is 10.9. The smallest absolute Gasteiger partial charge is 0.256 e. The number of furan rings is 1. The monoisotopic (exact) mass is 419 g/mol. The van der Waals surface area contributed by atoms with Gasteiger partial charge in [-0.05, 0) is 43.3 Å². The molecule has 1 aromatic carbocycles. The molecule has 30 heavy (non-hydrogen) atoms. The third-order valence-electron chi connectivity index (χ3n) is 4.86. The van der Waals surface area contributed by atoms with Crippen molar-refractivity contribution in [3.63, 3.8) is 0 Å². The summed E-state index contributed by atoms with van der Waals surface area (Å²) in [5.41, 5.74) is 3.60. The number of nitrogens with one attached hydrogen (secondary N) is 2. The Balaban J connectivity index is 1.56. The lowest BCUT2D eigenvalue weighted by atomic mass is 10.1. The van der Waals surface area contributed by atoms with Crippen LogP contribution in [-0.4, -0.2) is 32.3 Å². The second-order valence-corrected chi connectivity index (χ2v) is 7.96. The minimum atomic E-state index is -0.291. The Bertz CT molecular complexity index is 1310. The maximum Gasteiger partial charge on any atom is 0.256 e. The van der Waals surface area contributed by atoms with Gasteiger partial charge in [-0.2, -0.15) is 5.10 Å². The van der Waals surface area contributed by atoms with Crippen LogP contribution in [0.3, 0.4) is 0 Å². The van der Waals surface area contributed by atoms with Crippen LogP contribution in [0.5, 0.6) is 0 Å². The fourth-order valence-electron chi connectivity index (χ4n) is 3.53. The molecule has 0 aliphatic carbocycles. The van der Waals surface area contributed by atoms with Crippen molar-refractivity contribution in [2.24, 2.45) is 7.05 Å². The summed E-state index contributed by atoms with van der Waals surface area (Å²) in [6, 6.07) is 10.8. The summed E-state index contributed by atoms with van der Waals surface area (Å²) in [7, 11) is 1.79. The van der Waals surface area contributed by atoms with Gasteiger partial charge in [0.25, 0.3) is 5.91 Å². The number of aryl methyl sites for hydroxylation is 2. The minimum absolute atomic E-state index is 0.0547. The molecule has 2 amide bonds. The molecular formula is C21H17N5O3S. The SMILES string of the molecule is Cc1nn(C)c2nc(-c3ccco3)cc(C(=O)Nc3ccc4c(c3)NC(=O)CS4)c12. The van der Waals surface area contributed by atoms with Crippen LogP contribution in [0.2, 0.25) is 0 Å². The Morgan fingerprint density at radius 3 is 2.97 bits per heavy atom. The molecule has 1 aliphatic rings. The van der Waals surface area contributed by atoms with Crippen LogP contribution in [0.25, 0.3) is 22.5 Å². The second-order valence-electron chi connectivity index (χ2n) is 6.94. The lowest BCUT2D eigenvalue weighted by Crippen LogP contribution is -2.19. The van der Waals surface area contributed by atoms with Gasteiger partial charge in [0.05, 0.1) is 34.3 Å². The summed E-state index contributed by atoms with van der Waals surface area (Å²) < 4.78 is 7.13. The molecule has 0 bridgehead atoms. The van der Waals surface area contributed by atoms with Crippen molar-refractivity contribution in [2.45, 2.75) is 11.8 Å². The maximum absolute atomic E-state index is 13.2. The van der Waals surface area contributed by atoms with Gasteiger partial charge in [0.15, 0.2) is 11.4 Å². The molecule has 150 valence electrons. The molecule has 0 saturated carbocycles. The van der Waals surface area contributed by atoms with Crippen molar-refractivity contribution in [1.29, 1.82) is 0 Å². The molecule has 3 aromatic heterocycles. The first kappa shape index (κ1) is 18.4. The van der Waals surface area contributed by atoms with Crippen LogP contribution < -0.4 is 10.6 Å². The van der Waals surface area contributed by atoms with E-state index >= 15 is 0 Å². The molecule has 0 saturated heterocycles. The molecular weight excluding hydrogens is 402 g/mol. The number of rotatable bonds is 3. The number of carbonyl (C=O) groups excluding carboxylic acids is 2. The predicted octanol–water partition coefficient (Wildman–Crippen LogP) is 3.83. The van der Waals surface area contributed by atoms with E-state index in [9.17, 15) is 9.59 Å². The Morgan fingerprint density at radius 2 is 2.17 bits per heavy atom. The van der Waals surface area contributed by atoms with E-state index in [1.807, 2.05) is 19.1 Å². The summed E-state index contributed by atoms with van der Waals surface area (Å²) in [6.07, 6.45) is 1.56. The van der Waals surface area contributed by atoms with Crippen LogP contribution in [0, 0.1) is 6.92 Å². The van der Waals surface area contributed by atoms with Gasteiger partial charge in [-0.1, -0.05) is 0 Å². The minimum Gasteiger partial charge on any atom is -0.463 e. The Hall–Kier alpha value is -3.59. The summed E-state index contributed by atoms with van der Waals surface area (Å²) in [4.78, 5) is 30.5. The normalized spacial score (nSPS) is 13.2. The van der Waals surface area contributed by atoms with Gasteiger partial charge in [0, 0.05) is 17.6 Å². The topological polar surface area (TPSA) is 102 Å². The number of nitrogens with zero attached hydrogens (tertiary/aromatic N) is 3. The number of carbonyl (C=O) groups is 2. The molecule has 2 N–H and O–H groups in total. The summed E-state index contributed by atoms with van der Waals surface area (Å²) >= 11 is 1.47. The maximum atomic E-state index is 13.2. The van der Waals surface area contributed by atoms with Gasteiger partial charge in [0.1, 0.15) is 5.69 Å². The molecule has 0 unspecified atom stereocenters. The quantitative estimate of drug-likeness (QED) is 0.523. The fraction of sp³-hybridized carbons (Fsp3) is 0.143. The highest BCUT2D eigenvalue weighted by Gasteiger charge is 2.21. The van der Waals surface area contributed by atoms with Crippen LogP contribution >= 0.6 is 11.8 Å². The van der Waals surface area contributed by atoms with Gasteiger partial charge in [-0.25, -0.2) is 4.98 Å². The van der Waals surface area contributed by atoms with E-state index in [0.717, 1.165) is 4.90 Å². The number of hydrogen-bond acceptors (Lipinski definition) is 6. The average molecular weight is 419 g/mol. The highest BCUT2D eigenvalue weighted by atomic mass is 32.2. The van der Waals surface area contributed by atoms with Crippen molar-refractivity contribution in [3.05, 3.63) is 53.9 Å². The number of thioether (sulfide) groups is 1. The molecule has 0 spiro atoms. The van der Waals surface area contributed by atoms with Crippen molar-refractivity contribution in [2.75, 3.05) is 16.4 Å². The van der Waals surface area contributed by atoms with Crippen LogP contribution in [0.1, 0.15) is 16.1 Å². The molecule has 4 aromatic rings. The number of fused-ring (bicyclic) bond motifs is 2. The fourth-order valence-corrected chi connectivity index (χ4v) is 4.32. The molecule has 0 fully saturated rings. The first-order chi connectivity index (χ1) is 14.5. The van der Waals surface area contributed by atoms with E-state index in [-0.39, 0.29) is 11.8 Å². The lowest BCUT2D eigenvalue weighted by molar-refractivity contribution is -0.113. The number of benzene rings is 1. The number of anilines is 2. The zero-order valence-electron chi connectivity index (χ0n) is 16.2. The van der Waals surface area contributed by atoms with Gasteiger partial charge >= 0.3 is 0 Å². The standard InChI is InChI=1S/C21H17N5O3S/c1-11-19-13(9-14(16-4-3-7-29-16)24-20(19)26(2)25-11)21(28)22-12-5-6-17-15(8-12)23-18(27)10-30-17/h3-9H,10H2,1-2H3,(H,22,28)(H,23,27). The third kappa shape index (κ3) is 3.13. The molecule has 9 heteroatoms. The zero-order chi connectivity index (χ0) is 20.8. The Labute approximate surface area is 175 Å². The second kappa shape index (κ2) is 7.03. The van der Waals surface area contributed by atoms with Gasteiger partial charge in [-0.3, -0.25) is 14.3 Å². The van der Waals surface area contributed by atoms with E-state index < -0.39 is 0 Å².